The van der Waals surface area contributed by atoms with E-state index in [4.69, 9.17) is 9.52 Å². The Bertz CT molecular complexity index is 1510. The lowest BCUT2D eigenvalue weighted by Gasteiger charge is -2.36. The molecule has 170 valence electrons. The first-order valence-electron chi connectivity index (χ1n) is 10.8. The van der Waals surface area contributed by atoms with Crippen LogP contribution in [0.25, 0.3) is 44.9 Å². The van der Waals surface area contributed by atoms with Crippen LogP contribution in [-0.2, 0) is 11.0 Å². The van der Waals surface area contributed by atoms with Gasteiger partial charge in [-0.1, -0.05) is 30.3 Å². The molecule has 1 fully saturated rings. The first kappa shape index (κ1) is 20.9. The van der Waals surface area contributed by atoms with E-state index in [1.54, 1.807) is 18.4 Å². The van der Waals surface area contributed by atoms with Crippen LogP contribution in [0.2, 0.25) is 0 Å². The van der Waals surface area contributed by atoms with E-state index < -0.39 is 11.0 Å². The van der Waals surface area contributed by atoms with Crippen molar-refractivity contribution in [3.63, 3.8) is 0 Å². The Hall–Kier alpha value is -3.69. The van der Waals surface area contributed by atoms with Crippen molar-refractivity contribution in [1.29, 1.82) is 0 Å². The minimum Gasteiger partial charge on any atom is -0.438 e. The zero-order valence-corrected chi connectivity index (χ0v) is 19.1. The molecule has 9 heteroatoms. The minimum atomic E-state index is -1.01. The topological polar surface area (TPSA) is 77.0 Å². The lowest BCUT2D eigenvalue weighted by atomic mass is 10.0. The Morgan fingerprint density at radius 1 is 1.00 bits per heavy atom. The maximum atomic E-state index is 13.6. The number of halogens is 1. The number of benzene rings is 2. The molecule has 0 spiro atoms. The summed E-state index contributed by atoms with van der Waals surface area (Å²) in [4.78, 5) is 8.92. The van der Waals surface area contributed by atoms with Crippen molar-refractivity contribution >= 4 is 22.1 Å². The smallest absolute Gasteiger partial charge is 0.230 e. The lowest BCUT2D eigenvalue weighted by molar-refractivity contribution is 0.201. The maximum Gasteiger partial charge on any atom is 0.230 e. The molecule has 6 rings (SSSR count). The summed E-state index contributed by atoms with van der Waals surface area (Å²) in [7, 11) is -1.01. The molecule has 0 bridgehead atoms. The fraction of sp³-hybridized carbons (Fsp3) is 0.160. The van der Waals surface area contributed by atoms with Crippen molar-refractivity contribution in [1.82, 2.24) is 24.1 Å². The molecule has 1 aliphatic rings. The molecule has 1 atom stereocenters. The van der Waals surface area contributed by atoms with Crippen LogP contribution >= 0.6 is 0 Å². The summed E-state index contributed by atoms with van der Waals surface area (Å²) in [5.74, 6) is 0.393. The summed E-state index contributed by atoms with van der Waals surface area (Å²) in [6, 6.07) is 18.1. The van der Waals surface area contributed by atoms with E-state index in [1.807, 2.05) is 51.6 Å². The van der Waals surface area contributed by atoms with Gasteiger partial charge in [-0.05, 0) is 30.3 Å². The molecule has 34 heavy (non-hydrogen) atoms. The fourth-order valence-electron chi connectivity index (χ4n) is 4.18. The van der Waals surface area contributed by atoms with Crippen molar-refractivity contribution in [3.05, 3.63) is 79.0 Å². The Morgan fingerprint density at radius 3 is 2.50 bits per heavy atom. The fourth-order valence-corrected chi connectivity index (χ4v) is 4.95. The number of aromatic nitrogens is 4. The summed E-state index contributed by atoms with van der Waals surface area (Å²) in [5, 5.41) is 5.62. The van der Waals surface area contributed by atoms with Crippen LogP contribution in [0.4, 0.5) is 4.39 Å². The molecule has 1 aliphatic heterocycles. The van der Waals surface area contributed by atoms with E-state index in [1.165, 1.54) is 18.5 Å². The first-order chi connectivity index (χ1) is 16.6. The minimum absolute atomic E-state index is 0.0957. The van der Waals surface area contributed by atoms with Gasteiger partial charge in [0, 0.05) is 42.2 Å². The highest BCUT2D eigenvalue weighted by Gasteiger charge is 2.32. The second-order valence-corrected chi connectivity index (χ2v) is 9.58. The summed E-state index contributed by atoms with van der Waals surface area (Å²) >= 11 is 0. The Balaban J connectivity index is 1.49. The van der Waals surface area contributed by atoms with Crippen LogP contribution in [-0.4, -0.2) is 47.6 Å². The van der Waals surface area contributed by atoms with E-state index in [0.29, 0.717) is 36.0 Å². The van der Waals surface area contributed by atoms with E-state index in [2.05, 4.69) is 9.97 Å². The predicted octanol–water partition coefficient (Wildman–Crippen LogP) is 4.71. The molecular weight excluding hydrogens is 453 g/mol. The monoisotopic (exact) mass is 473 g/mol. The number of hydrogen-bond acceptors (Lipinski definition) is 5. The van der Waals surface area contributed by atoms with Gasteiger partial charge in [-0.2, -0.15) is 5.10 Å². The van der Waals surface area contributed by atoms with Crippen molar-refractivity contribution < 1.29 is 13.0 Å². The van der Waals surface area contributed by atoms with E-state index in [0.717, 1.165) is 22.1 Å². The van der Waals surface area contributed by atoms with Gasteiger partial charge in [0.2, 0.25) is 5.71 Å². The molecule has 1 saturated heterocycles. The van der Waals surface area contributed by atoms with Gasteiger partial charge in [-0.15, -0.1) is 0 Å². The molecule has 4 heterocycles. The molecule has 0 saturated carbocycles. The van der Waals surface area contributed by atoms with Crippen LogP contribution in [0.1, 0.15) is 6.04 Å². The van der Waals surface area contributed by atoms with Crippen LogP contribution in [0.3, 0.4) is 0 Å². The van der Waals surface area contributed by atoms with Crippen molar-refractivity contribution in [3.8, 4) is 33.8 Å². The summed E-state index contributed by atoms with van der Waals surface area (Å²) < 4.78 is 35.2. The van der Waals surface area contributed by atoms with E-state index in [-0.39, 0.29) is 11.9 Å². The number of fused-ring (bicyclic) bond motifs is 1. The largest absolute Gasteiger partial charge is 0.438 e. The third kappa shape index (κ3) is 3.63. The van der Waals surface area contributed by atoms with Crippen molar-refractivity contribution in [2.75, 3.05) is 19.3 Å². The maximum absolute atomic E-state index is 13.6. The Kier molecular flexibility index (Phi) is 5.08. The molecule has 3 aromatic heterocycles. The highest BCUT2D eigenvalue weighted by atomic mass is 32.2. The van der Waals surface area contributed by atoms with Gasteiger partial charge >= 0.3 is 0 Å². The van der Waals surface area contributed by atoms with Gasteiger partial charge in [-0.3, -0.25) is 4.68 Å². The average molecular weight is 474 g/mol. The second-order valence-electron chi connectivity index (χ2n) is 8.22. The van der Waals surface area contributed by atoms with Crippen LogP contribution in [0.15, 0.2) is 77.6 Å². The molecule has 2 aromatic carbocycles. The number of rotatable bonds is 5. The number of nitrogens with zero attached hydrogens (tertiary/aromatic N) is 5. The number of furan rings is 1. The van der Waals surface area contributed by atoms with Crippen molar-refractivity contribution in [2.45, 2.75) is 6.04 Å². The van der Waals surface area contributed by atoms with Gasteiger partial charge in [-0.25, -0.2) is 22.9 Å². The second kappa shape index (κ2) is 8.27. The summed E-state index contributed by atoms with van der Waals surface area (Å²) in [6.07, 6.45) is 5.11. The molecule has 0 radical (unpaired) electrons. The summed E-state index contributed by atoms with van der Waals surface area (Å²) in [6.45, 7) is 1.30. The molecule has 5 aromatic rings. The highest BCUT2D eigenvalue weighted by molar-refractivity contribution is 7.81. The van der Waals surface area contributed by atoms with Gasteiger partial charge in [0.15, 0.2) is 0 Å². The van der Waals surface area contributed by atoms with Gasteiger partial charge in [0.05, 0.1) is 28.1 Å². The quantitative estimate of drug-likeness (QED) is 0.370. The third-order valence-corrected chi connectivity index (χ3v) is 7.08. The SMILES string of the molecule is CS(=O)N1CC(n2cc(-c3ncnc4oc(-c5ccccc5)cc34)c(-c3ccc(F)cc3)n2)C1. The highest BCUT2D eigenvalue weighted by Crippen LogP contribution is 2.38. The molecule has 1 unspecified atom stereocenters. The standard InChI is InChI=1S/C25H20FN5O2S/c1-34(32)30-12-19(13-30)31-14-21(23(29-31)17-7-9-18(26)10-8-17)24-20-11-22(16-5-3-2-4-6-16)33-25(20)28-15-27-24/h2-11,14-15,19H,12-13H2,1H3. The summed E-state index contributed by atoms with van der Waals surface area (Å²) in [5.41, 5.74) is 4.40. The molecular formula is C25H20FN5O2S. The zero-order valence-electron chi connectivity index (χ0n) is 18.3. The molecule has 0 N–H and O–H groups in total. The first-order valence-corrected chi connectivity index (χ1v) is 12.3. The third-order valence-electron chi connectivity index (χ3n) is 6.06. The molecule has 0 amide bonds. The van der Waals surface area contributed by atoms with Crippen LogP contribution in [0.5, 0.6) is 0 Å². The average Bonchev–Trinajstić information content (AvgIpc) is 3.44. The Morgan fingerprint density at radius 2 is 1.76 bits per heavy atom. The van der Waals surface area contributed by atoms with Crippen LogP contribution in [0, 0.1) is 5.82 Å². The normalized spacial score (nSPS) is 15.5. The zero-order chi connectivity index (χ0) is 23.2. The van der Waals surface area contributed by atoms with Gasteiger partial charge in [0.25, 0.3) is 0 Å². The van der Waals surface area contributed by atoms with Crippen LogP contribution < -0.4 is 0 Å². The van der Waals surface area contributed by atoms with Gasteiger partial charge in [0.1, 0.15) is 23.6 Å². The van der Waals surface area contributed by atoms with Crippen molar-refractivity contribution in [2.24, 2.45) is 0 Å². The predicted molar refractivity (Wildman–Crippen MR) is 129 cm³/mol. The molecule has 0 aliphatic carbocycles. The molecule has 7 nitrogen and oxygen atoms in total. The van der Waals surface area contributed by atoms with E-state index in [9.17, 15) is 8.60 Å². The van der Waals surface area contributed by atoms with E-state index >= 15 is 0 Å². The van der Waals surface area contributed by atoms with Gasteiger partial charge < -0.3 is 4.42 Å². The Labute approximate surface area is 197 Å². The number of hydrogen-bond donors (Lipinski definition) is 0. The lowest BCUT2D eigenvalue weighted by Crippen LogP contribution is -2.48.